The van der Waals surface area contributed by atoms with Crippen LogP contribution in [0.25, 0.3) is 22.0 Å². The number of rotatable bonds is 5. The summed E-state index contributed by atoms with van der Waals surface area (Å²) < 4.78 is 27.3. The molecule has 1 atom stereocenters. The number of nitrogens with zero attached hydrogens (tertiary/aromatic N) is 3. The number of carbonyl (C=O) groups is 3. The van der Waals surface area contributed by atoms with E-state index in [2.05, 4.69) is 15.6 Å². The maximum absolute atomic E-state index is 13.6. The number of pyridine rings is 1. The van der Waals surface area contributed by atoms with Gasteiger partial charge in [-0.25, -0.2) is 8.78 Å². The van der Waals surface area contributed by atoms with Gasteiger partial charge in [0.1, 0.15) is 6.04 Å². The van der Waals surface area contributed by atoms with E-state index in [9.17, 15) is 23.2 Å². The summed E-state index contributed by atoms with van der Waals surface area (Å²) in [5.41, 5.74) is 3.02. The SMILES string of the molecule is CC(=O)Nc1cccc(-c2ccc3nccc(C(=O)NCC(=O)N4CC(F)(F)C[C@H]4C#N)c3c2)c1. The van der Waals surface area contributed by atoms with E-state index in [1.54, 1.807) is 36.4 Å². The van der Waals surface area contributed by atoms with Crippen molar-refractivity contribution < 1.29 is 23.2 Å². The lowest BCUT2D eigenvalue weighted by Gasteiger charge is -2.19. The molecule has 10 heteroatoms. The minimum Gasteiger partial charge on any atom is -0.343 e. The molecule has 3 amide bonds. The Morgan fingerprint density at radius 2 is 1.94 bits per heavy atom. The number of nitriles is 1. The molecular weight excluding hydrogens is 456 g/mol. The fourth-order valence-electron chi connectivity index (χ4n) is 4.05. The molecule has 0 radical (unpaired) electrons. The number of anilines is 1. The summed E-state index contributed by atoms with van der Waals surface area (Å²) in [5, 5.41) is 14.8. The molecule has 0 saturated carbocycles. The Morgan fingerprint density at radius 3 is 2.69 bits per heavy atom. The van der Waals surface area contributed by atoms with Crippen LogP contribution in [0.1, 0.15) is 23.7 Å². The Bertz CT molecular complexity index is 1370. The fourth-order valence-corrected chi connectivity index (χ4v) is 4.05. The summed E-state index contributed by atoms with van der Waals surface area (Å²) in [7, 11) is 0. The summed E-state index contributed by atoms with van der Waals surface area (Å²) in [5.74, 6) is -4.66. The van der Waals surface area contributed by atoms with Crippen molar-refractivity contribution in [2.75, 3.05) is 18.4 Å². The zero-order valence-corrected chi connectivity index (χ0v) is 18.7. The second-order valence-electron chi connectivity index (χ2n) is 8.26. The largest absolute Gasteiger partial charge is 0.343 e. The van der Waals surface area contributed by atoms with Crippen LogP contribution in [0.15, 0.2) is 54.7 Å². The van der Waals surface area contributed by atoms with Gasteiger partial charge >= 0.3 is 0 Å². The molecule has 1 aliphatic rings. The molecule has 1 aliphatic heterocycles. The number of likely N-dealkylation sites (tertiary alicyclic amines) is 1. The second-order valence-corrected chi connectivity index (χ2v) is 8.26. The molecule has 3 aromatic rings. The van der Waals surface area contributed by atoms with E-state index in [-0.39, 0.29) is 11.5 Å². The monoisotopic (exact) mass is 477 g/mol. The Labute approximate surface area is 199 Å². The molecule has 4 rings (SSSR count). The third-order valence-corrected chi connectivity index (χ3v) is 5.64. The third-order valence-electron chi connectivity index (χ3n) is 5.64. The van der Waals surface area contributed by atoms with Crippen molar-refractivity contribution in [2.24, 2.45) is 0 Å². The van der Waals surface area contributed by atoms with Crippen LogP contribution in [-0.2, 0) is 9.59 Å². The standard InChI is InChI=1S/C25H21F2N5O3/c1-15(33)31-18-4-2-3-16(9-18)17-5-6-22-21(10-17)20(7-8-29-22)24(35)30-13-23(34)32-14-25(26,27)11-19(32)12-28/h2-10,19H,11,13-14H2,1H3,(H,30,35)(H,31,33)/t19-/m0/s1. The Kier molecular flexibility index (Phi) is 6.42. The Hall–Kier alpha value is -4.39. The highest BCUT2D eigenvalue weighted by Gasteiger charge is 2.47. The van der Waals surface area contributed by atoms with Gasteiger partial charge in [0, 0.05) is 30.6 Å². The Morgan fingerprint density at radius 1 is 1.17 bits per heavy atom. The minimum absolute atomic E-state index is 0.197. The van der Waals surface area contributed by atoms with Gasteiger partial charge in [0.25, 0.3) is 11.8 Å². The quantitative estimate of drug-likeness (QED) is 0.585. The van der Waals surface area contributed by atoms with Gasteiger partial charge in [0.15, 0.2) is 0 Å². The van der Waals surface area contributed by atoms with Crippen LogP contribution in [0.2, 0.25) is 0 Å². The predicted octanol–water partition coefficient (Wildman–Crippen LogP) is 3.35. The number of carbonyl (C=O) groups excluding carboxylic acids is 3. The summed E-state index contributed by atoms with van der Waals surface area (Å²) in [6.45, 7) is 0.0497. The highest BCUT2D eigenvalue weighted by Crippen LogP contribution is 2.32. The van der Waals surface area contributed by atoms with Crippen molar-refractivity contribution in [1.82, 2.24) is 15.2 Å². The van der Waals surface area contributed by atoms with Crippen LogP contribution in [-0.4, -0.2) is 52.7 Å². The molecule has 0 unspecified atom stereocenters. The van der Waals surface area contributed by atoms with Gasteiger partial charge in [0.2, 0.25) is 11.8 Å². The van der Waals surface area contributed by atoms with E-state index in [1.807, 2.05) is 12.1 Å². The van der Waals surface area contributed by atoms with Crippen molar-refractivity contribution in [2.45, 2.75) is 25.3 Å². The van der Waals surface area contributed by atoms with Crippen molar-refractivity contribution in [1.29, 1.82) is 5.26 Å². The van der Waals surface area contributed by atoms with E-state index in [1.165, 1.54) is 19.2 Å². The van der Waals surface area contributed by atoms with Crippen LogP contribution in [0.5, 0.6) is 0 Å². The van der Waals surface area contributed by atoms with E-state index < -0.39 is 43.3 Å². The zero-order valence-electron chi connectivity index (χ0n) is 18.7. The summed E-state index contributed by atoms with van der Waals surface area (Å²) in [4.78, 5) is 41.8. The Balaban J connectivity index is 1.56. The van der Waals surface area contributed by atoms with Gasteiger partial charge in [-0.1, -0.05) is 18.2 Å². The third kappa shape index (κ3) is 5.24. The first-order valence-electron chi connectivity index (χ1n) is 10.8. The second kappa shape index (κ2) is 9.46. The van der Waals surface area contributed by atoms with Crippen molar-refractivity contribution in [3.05, 3.63) is 60.3 Å². The molecule has 1 aromatic heterocycles. The molecule has 2 N–H and O–H groups in total. The number of alkyl halides is 2. The highest BCUT2D eigenvalue weighted by molar-refractivity contribution is 6.07. The lowest BCUT2D eigenvalue weighted by molar-refractivity contribution is -0.131. The van der Waals surface area contributed by atoms with E-state index in [0.717, 1.165) is 16.0 Å². The molecule has 35 heavy (non-hydrogen) atoms. The van der Waals surface area contributed by atoms with Crippen molar-refractivity contribution in [3.8, 4) is 17.2 Å². The molecule has 178 valence electrons. The number of aromatic nitrogens is 1. The number of benzene rings is 2. The molecule has 0 aliphatic carbocycles. The van der Waals surface area contributed by atoms with Crippen molar-refractivity contribution >= 4 is 34.3 Å². The summed E-state index contributed by atoms with van der Waals surface area (Å²) >= 11 is 0. The lowest BCUT2D eigenvalue weighted by Crippen LogP contribution is -2.43. The summed E-state index contributed by atoms with van der Waals surface area (Å²) in [6, 6.07) is 14.6. The maximum Gasteiger partial charge on any atom is 0.268 e. The van der Waals surface area contributed by atoms with E-state index in [0.29, 0.717) is 16.6 Å². The van der Waals surface area contributed by atoms with E-state index >= 15 is 0 Å². The molecule has 2 aromatic carbocycles. The fraction of sp³-hybridized carbons (Fsp3) is 0.240. The normalized spacial score (nSPS) is 16.5. The van der Waals surface area contributed by atoms with Crippen LogP contribution in [0.3, 0.4) is 0 Å². The van der Waals surface area contributed by atoms with Gasteiger partial charge in [-0.2, -0.15) is 5.26 Å². The average Bonchev–Trinajstić information content (AvgIpc) is 3.16. The number of hydrogen-bond donors (Lipinski definition) is 2. The van der Waals surface area contributed by atoms with E-state index in [4.69, 9.17) is 5.26 Å². The number of nitrogens with one attached hydrogen (secondary N) is 2. The van der Waals surface area contributed by atoms with Gasteiger partial charge in [-0.05, 0) is 41.5 Å². The molecular formula is C25H21F2N5O3. The van der Waals surface area contributed by atoms with Crippen molar-refractivity contribution in [3.63, 3.8) is 0 Å². The molecule has 1 saturated heterocycles. The van der Waals surface area contributed by atoms with Gasteiger partial charge in [0.05, 0.1) is 30.2 Å². The van der Waals surface area contributed by atoms with Gasteiger partial charge in [-0.3, -0.25) is 19.4 Å². The maximum atomic E-state index is 13.6. The van der Waals surface area contributed by atoms with Crippen LogP contribution < -0.4 is 10.6 Å². The van der Waals surface area contributed by atoms with Crippen LogP contribution in [0, 0.1) is 11.3 Å². The number of halogens is 2. The number of amides is 3. The lowest BCUT2D eigenvalue weighted by atomic mass is 10.00. The molecule has 2 heterocycles. The minimum atomic E-state index is -3.13. The molecule has 8 nitrogen and oxygen atoms in total. The summed E-state index contributed by atoms with van der Waals surface area (Å²) in [6.07, 6.45) is 0.743. The van der Waals surface area contributed by atoms with Crippen LogP contribution in [0.4, 0.5) is 14.5 Å². The highest BCUT2D eigenvalue weighted by atomic mass is 19.3. The smallest absolute Gasteiger partial charge is 0.268 e. The number of fused-ring (bicyclic) bond motifs is 1. The molecule has 0 bridgehead atoms. The predicted molar refractivity (Wildman–Crippen MR) is 124 cm³/mol. The van der Waals surface area contributed by atoms with Gasteiger partial charge in [-0.15, -0.1) is 0 Å². The van der Waals surface area contributed by atoms with Crippen LogP contribution >= 0.6 is 0 Å². The average molecular weight is 477 g/mol. The topological polar surface area (TPSA) is 115 Å². The number of hydrogen-bond acceptors (Lipinski definition) is 5. The molecule has 0 spiro atoms. The first-order valence-corrected chi connectivity index (χ1v) is 10.8. The molecule has 1 fully saturated rings. The first kappa shape index (κ1) is 23.8. The zero-order chi connectivity index (χ0) is 25.2. The first-order chi connectivity index (χ1) is 16.7. The van der Waals surface area contributed by atoms with Gasteiger partial charge < -0.3 is 15.5 Å².